The summed E-state index contributed by atoms with van der Waals surface area (Å²) in [7, 11) is 0. The van der Waals surface area contributed by atoms with E-state index in [9.17, 15) is 5.11 Å². The molecule has 0 saturated heterocycles. The lowest BCUT2D eigenvalue weighted by molar-refractivity contribution is 0.475. The van der Waals surface area contributed by atoms with Crippen LogP contribution in [-0.2, 0) is 0 Å². The molecule has 1 aromatic heterocycles. The van der Waals surface area contributed by atoms with Crippen molar-refractivity contribution in [1.29, 1.82) is 0 Å². The van der Waals surface area contributed by atoms with Crippen molar-refractivity contribution < 1.29 is 5.11 Å². The topological polar surface area (TPSA) is 48.9 Å². The first kappa shape index (κ1) is 17.3. The second-order valence-corrected chi connectivity index (χ2v) is 7.31. The van der Waals surface area contributed by atoms with Crippen LogP contribution in [0.1, 0.15) is 5.56 Å². The van der Waals surface area contributed by atoms with E-state index in [1.54, 1.807) is 12.1 Å². The molecule has 0 aliphatic carbocycles. The van der Waals surface area contributed by atoms with Gasteiger partial charge in [0.1, 0.15) is 11.6 Å². The second kappa shape index (κ2) is 6.95. The number of hydrogen-bond acceptors (Lipinski definition) is 2. The van der Waals surface area contributed by atoms with Gasteiger partial charge in [-0.05, 0) is 59.0 Å². The third kappa shape index (κ3) is 3.39. The fraction of sp³-hybridized carbons (Fsp3) is 0.0385. The summed E-state index contributed by atoms with van der Waals surface area (Å²) in [5, 5.41) is 9.45. The van der Waals surface area contributed by atoms with Gasteiger partial charge >= 0.3 is 0 Å². The number of rotatable bonds is 3. The summed E-state index contributed by atoms with van der Waals surface area (Å²) >= 11 is 0. The molecule has 0 bridgehead atoms. The number of imidazole rings is 1. The van der Waals surface area contributed by atoms with Gasteiger partial charge in [0.25, 0.3) is 0 Å². The molecule has 2 N–H and O–H groups in total. The number of H-pyrrole nitrogens is 1. The van der Waals surface area contributed by atoms with Crippen LogP contribution < -0.4 is 0 Å². The Morgan fingerprint density at radius 3 is 1.66 bits per heavy atom. The molecule has 0 amide bonds. The van der Waals surface area contributed by atoms with Gasteiger partial charge in [-0.15, -0.1) is 0 Å². The van der Waals surface area contributed by atoms with E-state index in [1.165, 1.54) is 11.1 Å². The van der Waals surface area contributed by atoms with Gasteiger partial charge in [-0.3, -0.25) is 0 Å². The van der Waals surface area contributed by atoms with Crippen molar-refractivity contribution in [2.75, 3.05) is 0 Å². The quantitative estimate of drug-likeness (QED) is 0.374. The van der Waals surface area contributed by atoms with Crippen molar-refractivity contribution in [3.63, 3.8) is 0 Å². The Hall–Kier alpha value is -3.85. The van der Waals surface area contributed by atoms with Crippen LogP contribution in [0.15, 0.2) is 91.0 Å². The minimum Gasteiger partial charge on any atom is -0.508 e. The minimum atomic E-state index is 0.282. The number of benzene rings is 4. The molecule has 0 spiro atoms. The molecule has 0 unspecified atom stereocenters. The Kier molecular flexibility index (Phi) is 4.14. The highest BCUT2D eigenvalue weighted by molar-refractivity contribution is 5.80. The van der Waals surface area contributed by atoms with E-state index >= 15 is 0 Å². The molecule has 5 rings (SSSR count). The SMILES string of the molecule is Cc1ccc2nc(-c3ccc(-c4ccc(-c5ccc(O)cc5)cc4)cc3)[nH]c2c1. The van der Waals surface area contributed by atoms with E-state index in [0.717, 1.165) is 39.1 Å². The summed E-state index contributed by atoms with van der Waals surface area (Å²) in [5.41, 5.74) is 8.89. The van der Waals surface area contributed by atoms with Gasteiger partial charge in [0.05, 0.1) is 11.0 Å². The van der Waals surface area contributed by atoms with E-state index < -0.39 is 0 Å². The molecule has 1 heterocycles. The minimum absolute atomic E-state index is 0.282. The zero-order valence-corrected chi connectivity index (χ0v) is 16.1. The number of aromatic hydroxyl groups is 1. The summed E-state index contributed by atoms with van der Waals surface area (Å²) in [6, 6.07) is 30.5. The maximum Gasteiger partial charge on any atom is 0.138 e. The largest absolute Gasteiger partial charge is 0.508 e. The van der Waals surface area contributed by atoms with E-state index in [1.807, 2.05) is 12.1 Å². The molecular weight excluding hydrogens is 356 g/mol. The Morgan fingerprint density at radius 1 is 0.621 bits per heavy atom. The van der Waals surface area contributed by atoms with E-state index in [4.69, 9.17) is 4.98 Å². The Bertz CT molecular complexity index is 1280. The molecule has 0 aliphatic heterocycles. The average Bonchev–Trinajstić information content (AvgIpc) is 3.18. The van der Waals surface area contributed by atoms with E-state index in [-0.39, 0.29) is 5.75 Å². The van der Waals surface area contributed by atoms with Crippen molar-refractivity contribution >= 4 is 11.0 Å². The molecule has 3 nitrogen and oxygen atoms in total. The zero-order valence-electron chi connectivity index (χ0n) is 16.1. The summed E-state index contributed by atoms with van der Waals surface area (Å²) in [5.74, 6) is 1.17. The first-order chi connectivity index (χ1) is 14.2. The number of nitrogens with zero attached hydrogens (tertiary/aromatic N) is 1. The lowest BCUT2D eigenvalue weighted by Crippen LogP contribution is -1.83. The summed E-state index contributed by atoms with van der Waals surface area (Å²) < 4.78 is 0. The molecule has 0 radical (unpaired) electrons. The smallest absolute Gasteiger partial charge is 0.138 e. The molecular formula is C26H20N2O. The number of nitrogens with one attached hydrogen (secondary N) is 1. The summed E-state index contributed by atoms with van der Waals surface area (Å²) in [6.07, 6.45) is 0. The lowest BCUT2D eigenvalue weighted by atomic mass is 9.99. The van der Waals surface area contributed by atoms with E-state index in [2.05, 4.69) is 78.6 Å². The zero-order chi connectivity index (χ0) is 19.8. The van der Waals surface area contributed by atoms with Crippen LogP contribution in [0, 0.1) is 6.92 Å². The van der Waals surface area contributed by atoms with Crippen molar-refractivity contribution in [2.24, 2.45) is 0 Å². The molecule has 140 valence electrons. The summed E-state index contributed by atoms with van der Waals surface area (Å²) in [4.78, 5) is 8.12. The van der Waals surface area contributed by atoms with Crippen LogP contribution in [0.3, 0.4) is 0 Å². The Morgan fingerprint density at radius 2 is 1.10 bits per heavy atom. The van der Waals surface area contributed by atoms with Crippen LogP contribution in [0.5, 0.6) is 5.75 Å². The van der Waals surface area contributed by atoms with Gasteiger partial charge in [0.2, 0.25) is 0 Å². The molecule has 0 fully saturated rings. The first-order valence-electron chi connectivity index (χ1n) is 9.62. The fourth-order valence-electron chi connectivity index (χ4n) is 3.59. The second-order valence-electron chi connectivity index (χ2n) is 7.31. The highest BCUT2D eigenvalue weighted by Gasteiger charge is 2.06. The van der Waals surface area contributed by atoms with E-state index in [0.29, 0.717) is 0 Å². The highest BCUT2D eigenvalue weighted by Crippen LogP contribution is 2.28. The van der Waals surface area contributed by atoms with Crippen molar-refractivity contribution in [1.82, 2.24) is 9.97 Å². The van der Waals surface area contributed by atoms with Crippen LogP contribution >= 0.6 is 0 Å². The maximum atomic E-state index is 9.45. The standard InChI is InChI=1S/C26H20N2O/c1-17-2-15-24-25(16-17)28-26(27-24)22-9-7-20(8-10-22)18-3-5-19(6-4-18)21-11-13-23(29)14-12-21/h2-16,29H,1H3,(H,27,28). The van der Waals surface area contributed by atoms with Crippen molar-refractivity contribution in [2.45, 2.75) is 6.92 Å². The fourth-order valence-corrected chi connectivity index (χ4v) is 3.59. The highest BCUT2D eigenvalue weighted by atomic mass is 16.3. The number of hydrogen-bond donors (Lipinski definition) is 2. The van der Waals surface area contributed by atoms with Gasteiger partial charge in [0.15, 0.2) is 0 Å². The molecule has 0 atom stereocenters. The number of aromatic nitrogens is 2. The third-order valence-corrected chi connectivity index (χ3v) is 5.21. The number of aromatic amines is 1. The van der Waals surface area contributed by atoms with Gasteiger partial charge in [0, 0.05) is 5.56 Å². The summed E-state index contributed by atoms with van der Waals surface area (Å²) in [6.45, 7) is 2.09. The molecule has 3 heteroatoms. The Balaban J connectivity index is 1.41. The lowest BCUT2D eigenvalue weighted by Gasteiger charge is -2.06. The normalized spacial score (nSPS) is 11.1. The molecule has 0 aliphatic rings. The van der Waals surface area contributed by atoms with Gasteiger partial charge in [-0.25, -0.2) is 4.98 Å². The Labute approximate surface area is 169 Å². The number of phenols is 1. The predicted molar refractivity (Wildman–Crippen MR) is 119 cm³/mol. The van der Waals surface area contributed by atoms with Gasteiger partial charge in [-0.2, -0.15) is 0 Å². The molecule has 29 heavy (non-hydrogen) atoms. The predicted octanol–water partition coefficient (Wildman–Crippen LogP) is 6.58. The number of aryl methyl sites for hydroxylation is 1. The van der Waals surface area contributed by atoms with Crippen molar-refractivity contribution in [3.05, 3.63) is 96.6 Å². The monoisotopic (exact) mass is 376 g/mol. The molecule has 5 aromatic rings. The van der Waals surface area contributed by atoms with Crippen LogP contribution in [0.4, 0.5) is 0 Å². The third-order valence-electron chi connectivity index (χ3n) is 5.21. The van der Waals surface area contributed by atoms with Crippen LogP contribution in [-0.4, -0.2) is 15.1 Å². The van der Waals surface area contributed by atoms with Crippen LogP contribution in [0.25, 0.3) is 44.7 Å². The number of phenolic OH excluding ortho intramolecular Hbond substituents is 1. The van der Waals surface area contributed by atoms with Crippen molar-refractivity contribution in [3.8, 4) is 39.4 Å². The van der Waals surface area contributed by atoms with Gasteiger partial charge in [-0.1, -0.05) is 66.7 Å². The van der Waals surface area contributed by atoms with Gasteiger partial charge < -0.3 is 10.1 Å². The molecule has 0 saturated carbocycles. The first-order valence-corrected chi connectivity index (χ1v) is 9.62. The molecule has 4 aromatic carbocycles. The van der Waals surface area contributed by atoms with Crippen LogP contribution in [0.2, 0.25) is 0 Å². The maximum absolute atomic E-state index is 9.45. The average molecular weight is 376 g/mol. The number of fused-ring (bicyclic) bond motifs is 1.